The highest BCUT2D eigenvalue weighted by Crippen LogP contribution is 2.04. The van der Waals surface area contributed by atoms with Crippen LogP contribution in [0.1, 0.15) is 66.0 Å². The SMILES string of the molecule is CC.CC.CCC.CCc1ccc(CNC=O)cc1. The molecule has 0 saturated heterocycles. The molecule has 0 aliphatic rings. The van der Waals surface area contributed by atoms with Crippen LogP contribution in [0.15, 0.2) is 24.3 Å². The minimum Gasteiger partial charge on any atom is -0.355 e. The lowest BCUT2D eigenvalue weighted by Crippen LogP contribution is -2.09. The third-order valence-corrected chi connectivity index (χ3v) is 1.82. The van der Waals surface area contributed by atoms with E-state index in [9.17, 15) is 4.79 Å². The van der Waals surface area contributed by atoms with Gasteiger partial charge in [-0.2, -0.15) is 0 Å². The van der Waals surface area contributed by atoms with Gasteiger partial charge in [0.25, 0.3) is 0 Å². The molecule has 0 atom stereocenters. The Morgan fingerprint density at radius 3 is 1.58 bits per heavy atom. The second-order valence-corrected chi connectivity index (χ2v) is 3.38. The minimum atomic E-state index is 0.619. The predicted molar refractivity (Wildman–Crippen MR) is 87.4 cm³/mol. The number of carbonyl (C=O) groups is 1. The highest BCUT2D eigenvalue weighted by Gasteiger charge is 1.91. The molecule has 112 valence electrons. The number of carbonyl (C=O) groups excluding carboxylic acids is 1. The third kappa shape index (κ3) is 16.7. The Morgan fingerprint density at radius 1 is 0.895 bits per heavy atom. The van der Waals surface area contributed by atoms with Gasteiger partial charge in [0.05, 0.1) is 0 Å². The van der Waals surface area contributed by atoms with Crippen LogP contribution in [0, 0.1) is 0 Å². The maximum absolute atomic E-state index is 9.99. The van der Waals surface area contributed by atoms with E-state index in [0.29, 0.717) is 13.0 Å². The van der Waals surface area contributed by atoms with Crippen LogP contribution in [0.4, 0.5) is 0 Å². The van der Waals surface area contributed by atoms with Gasteiger partial charge in [0.2, 0.25) is 6.41 Å². The van der Waals surface area contributed by atoms with Crippen molar-refractivity contribution in [3.63, 3.8) is 0 Å². The van der Waals surface area contributed by atoms with Crippen molar-refractivity contribution >= 4 is 6.41 Å². The molecule has 2 nitrogen and oxygen atoms in total. The van der Waals surface area contributed by atoms with E-state index in [-0.39, 0.29) is 0 Å². The van der Waals surface area contributed by atoms with Crippen LogP contribution in [-0.2, 0) is 17.8 Å². The maximum atomic E-state index is 9.99. The van der Waals surface area contributed by atoms with Gasteiger partial charge in [-0.25, -0.2) is 0 Å². The minimum absolute atomic E-state index is 0.619. The smallest absolute Gasteiger partial charge is 0.207 e. The van der Waals surface area contributed by atoms with Crippen molar-refractivity contribution in [2.45, 2.75) is 67.9 Å². The lowest BCUT2D eigenvalue weighted by atomic mass is 10.1. The molecule has 1 rings (SSSR count). The largest absolute Gasteiger partial charge is 0.355 e. The van der Waals surface area contributed by atoms with Crippen LogP contribution in [0.2, 0.25) is 0 Å². The molecular weight excluding hydrogens is 234 g/mol. The normalized spacial score (nSPS) is 7.53. The summed E-state index contributed by atoms with van der Waals surface area (Å²) in [6.45, 7) is 15.0. The van der Waals surface area contributed by atoms with Crippen LogP contribution < -0.4 is 5.32 Å². The highest BCUT2D eigenvalue weighted by molar-refractivity contribution is 5.46. The summed E-state index contributed by atoms with van der Waals surface area (Å²) in [7, 11) is 0. The molecular formula is C17H33NO. The number of hydrogen-bond acceptors (Lipinski definition) is 1. The fraction of sp³-hybridized carbons (Fsp3) is 0.588. The number of benzene rings is 1. The van der Waals surface area contributed by atoms with Crippen LogP contribution >= 0.6 is 0 Å². The third-order valence-electron chi connectivity index (χ3n) is 1.82. The van der Waals surface area contributed by atoms with Gasteiger partial charge >= 0.3 is 0 Å². The zero-order chi connectivity index (χ0) is 15.5. The molecule has 1 aromatic carbocycles. The Morgan fingerprint density at radius 2 is 1.26 bits per heavy atom. The van der Waals surface area contributed by atoms with E-state index in [1.165, 1.54) is 12.0 Å². The molecule has 0 aromatic heterocycles. The first-order valence-corrected chi connectivity index (χ1v) is 7.53. The molecule has 1 aromatic rings. The van der Waals surface area contributed by atoms with Gasteiger partial charge in [-0.1, -0.05) is 79.2 Å². The number of rotatable bonds is 4. The van der Waals surface area contributed by atoms with Gasteiger partial charge < -0.3 is 5.32 Å². The van der Waals surface area contributed by atoms with Gasteiger partial charge in [0.15, 0.2) is 0 Å². The van der Waals surface area contributed by atoms with Crippen LogP contribution in [0.25, 0.3) is 0 Å². The van der Waals surface area contributed by atoms with Crippen LogP contribution in [0.5, 0.6) is 0 Å². The van der Waals surface area contributed by atoms with Crippen molar-refractivity contribution in [2.75, 3.05) is 0 Å². The molecule has 0 bridgehead atoms. The van der Waals surface area contributed by atoms with E-state index in [1.54, 1.807) is 0 Å². The molecule has 2 heteroatoms. The van der Waals surface area contributed by atoms with Gasteiger partial charge in [0.1, 0.15) is 0 Å². The molecule has 0 aliphatic heterocycles. The average Bonchev–Trinajstić information content (AvgIpc) is 2.50. The first-order valence-electron chi connectivity index (χ1n) is 7.53. The zero-order valence-electron chi connectivity index (χ0n) is 13.9. The second-order valence-electron chi connectivity index (χ2n) is 3.38. The number of nitrogens with one attached hydrogen (secondary N) is 1. The van der Waals surface area contributed by atoms with Gasteiger partial charge in [-0.15, -0.1) is 0 Å². The van der Waals surface area contributed by atoms with Crippen molar-refractivity contribution in [1.82, 2.24) is 5.32 Å². The van der Waals surface area contributed by atoms with Crippen molar-refractivity contribution < 1.29 is 4.79 Å². The lowest BCUT2D eigenvalue weighted by Gasteiger charge is -2.00. The quantitative estimate of drug-likeness (QED) is 0.767. The Balaban J connectivity index is -0.000000313. The number of hydrogen-bond donors (Lipinski definition) is 1. The average molecular weight is 267 g/mol. The molecule has 19 heavy (non-hydrogen) atoms. The molecule has 0 spiro atoms. The van der Waals surface area contributed by atoms with Gasteiger partial charge in [0, 0.05) is 6.54 Å². The summed E-state index contributed by atoms with van der Waals surface area (Å²) in [5.74, 6) is 0. The molecule has 0 radical (unpaired) electrons. The number of aryl methyl sites for hydroxylation is 1. The van der Waals surface area contributed by atoms with Gasteiger partial charge in [-0.05, 0) is 17.5 Å². The lowest BCUT2D eigenvalue weighted by molar-refractivity contribution is -0.109. The molecule has 0 unspecified atom stereocenters. The summed E-state index contributed by atoms with van der Waals surface area (Å²) < 4.78 is 0. The fourth-order valence-corrected chi connectivity index (χ4v) is 1.05. The van der Waals surface area contributed by atoms with Crippen LogP contribution in [0.3, 0.4) is 0 Å². The summed E-state index contributed by atoms with van der Waals surface area (Å²) in [5.41, 5.74) is 2.46. The molecule has 0 heterocycles. The zero-order valence-corrected chi connectivity index (χ0v) is 13.9. The van der Waals surface area contributed by atoms with Crippen LogP contribution in [-0.4, -0.2) is 6.41 Å². The fourth-order valence-electron chi connectivity index (χ4n) is 1.05. The Labute approximate surface area is 120 Å². The summed E-state index contributed by atoms with van der Waals surface area (Å²) in [4.78, 5) is 9.99. The topological polar surface area (TPSA) is 29.1 Å². The Kier molecular flexibility index (Phi) is 26.3. The highest BCUT2D eigenvalue weighted by atomic mass is 16.1. The van der Waals surface area contributed by atoms with Crippen molar-refractivity contribution in [1.29, 1.82) is 0 Å². The standard InChI is InChI=1S/C10H13NO.C3H8.2C2H6/c1-2-9-3-5-10(6-4-9)7-11-8-12;1-3-2;2*1-2/h3-6,8H,2,7H2,1H3,(H,11,12);3H2,1-2H3;2*1-2H3. The molecule has 1 N–H and O–H groups in total. The summed E-state index contributed by atoms with van der Waals surface area (Å²) in [5, 5.41) is 2.62. The summed E-state index contributed by atoms with van der Waals surface area (Å²) >= 11 is 0. The van der Waals surface area contributed by atoms with E-state index >= 15 is 0 Å². The van der Waals surface area contributed by atoms with E-state index in [2.05, 4.69) is 38.2 Å². The monoisotopic (exact) mass is 267 g/mol. The summed E-state index contributed by atoms with van der Waals surface area (Å²) in [6.07, 6.45) is 3.02. The Hall–Kier alpha value is -1.31. The van der Waals surface area contributed by atoms with E-state index in [0.717, 1.165) is 12.0 Å². The van der Waals surface area contributed by atoms with Crippen molar-refractivity contribution in [3.8, 4) is 0 Å². The predicted octanol–water partition coefficient (Wildman–Crippen LogP) is 4.96. The molecule has 0 saturated carbocycles. The van der Waals surface area contributed by atoms with Crippen molar-refractivity contribution in [2.24, 2.45) is 0 Å². The molecule has 1 amide bonds. The first kappa shape index (κ1) is 22.8. The van der Waals surface area contributed by atoms with Gasteiger partial charge in [-0.3, -0.25) is 4.79 Å². The second kappa shape index (κ2) is 21.9. The van der Waals surface area contributed by atoms with E-state index in [4.69, 9.17) is 0 Å². The van der Waals surface area contributed by atoms with E-state index < -0.39 is 0 Å². The molecule has 0 aliphatic carbocycles. The van der Waals surface area contributed by atoms with E-state index in [1.807, 2.05) is 39.8 Å². The summed E-state index contributed by atoms with van der Waals surface area (Å²) in [6, 6.07) is 8.24. The maximum Gasteiger partial charge on any atom is 0.207 e. The molecule has 0 fully saturated rings. The van der Waals surface area contributed by atoms with Crippen molar-refractivity contribution in [3.05, 3.63) is 35.4 Å². The number of amides is 1. The first-order chi connectivity index (χ1) is 9.28. The Bertz CT molecular complexity index is 254.